The Kier molecular flexibility index (Phi) is 3.06. The maximum Gasteiger partial charge on any atom is 0.203 e. The number of fused-ring (bicyclic) bond motifs is 1. The molecule has 3 aromatic rings. The van der Waals surface area contributed by atoms with Gasteiger partial charge in [-0.1, -0.05) is 17.7 Å². The Morgan fingerprint density at radius 3 is 2.57 bits per heavy atom. The lowest BCUT2D eigenvalue weighted by atomic mass is 10.1. The SMILES string of the molecule is Cn1c(-c2cc(F)c(F)c(O)c2F)nc2cccc(Cl)c21. The minimum Gasteiger partial charge on any atom is -0.503 e. The van der Waals surface area contributed by atoms with Crippen molar-refractivity contribution in [2.45, 2.75) is 0 Å². The van der Waals surface area contributed by atoms with Gasteiger partial charge in [0.1, 0.15) is 5.82 Å². The van der Waals surface area contributed by atoms with E-state index in [4.69, 9.17) is 11.6 Å². The van der Waals surface area contributed by atoms with Gasteiger partial charge in [-0.25, -0.2) is 13.8 Å². The summed E-state index contributed by atoms with van der Waals surface area (Å²) in [5.41, 5.74) is 0.655. The molecule has 0 atom stereocenters. The van der Waals surface area contributed by atoms with E-state index in [2.05, 4.69) is 4.98 Å². The number of aromatic nitrogens is 2. The summed E-state index contributed by atoms with van der Waals surface area (Å²) in [7, 11) is 1.56. The number of rotatable bonds is 1. The highest BCUT2D eigenvalue weighted by atomic mass is 35.5. The van der Waals surface area contributed by atoms with Crippen LogP contribution in [0.25, 0.3) is 22.4 Å². The monoisotopic (exact) mass is 312 g/mol. The van der Waals surface area contributed by atoms with E-state index in [9.17, 15) is 18.3 Å². The van der Waals surface area contributed by atoms with Crippen LogP contribution in [0.4, 0.5) is 13.2 Å². The molecule has 0 bridgehead atoms. The first-order valence-electron chi connectivity index (χ1n) is 5.89. The predicted molar refractivity (Wildman–Crippen MR) is 72.7 cm³/mol. The van der Waals surface area contributed by atoms with Crippen LogP contribution in [0.5, 0.6) is 5.75 Å². The number of hydrogen-bond acceptors (Lipinski definition) is 2. The Bertz CT molecular complexity index is 877. The highest BCUT2D eigenvalue weighted by Crippen LogP contribution is 2.34. The van der Waals surface area contributed by atoms with Crippen LogP contribution >= 0.6 is 11.6 Å². The highest BCUT2D eigenvalue weighted by Gasteiger charge is 2.22. The van der Waals surface area contributed by atoms with Gasteiger partial charge in [-0.3, -0.25) is 0 Å². The number of nitrogens with zero attached hydrogens (tertiary/aromatic N) is 2. The quantitative estimate of drug-likeness (QED) is 0.689. The molecular formula is C14H8ClF3N2O. The molecule has 2 aromatic carbocycles. The minimum absolute atomic E-state index is 0.0322. The fourth-order valence-electron chi connectivity index (χ4n) is 2.22. The molecule has 3 rings (SSSR count). The summed E-state index contributed by atoms with van der Waals surface area (Å²) in [5.74, 6) is -5.61. The van der Waals surface area contributed by atoms with Crippen LogP contribution in [0.3, 0.4) is 0 Å². The number of hydrogen-bond donors (Lipinski definition) is 1. The number of halogens is 4. The molecule has 1 heterocycles. The van der Waals surface area contributed by atoms with Crippen LogP contribution in [0.1, 0.15) is 0 Å². The number of aromatic hydroxyl groups is 1. The fourth-order valence-corrected chi connectivity index (χ4v) is 2.51. The summed E-state index contributed by atoms with van der Waals surface area (Å²) in [6, 6.07) is 5.61. The Morgan fingerprint density at radius 2 is 1.90 bits per heavy atom. The standard InChI is InChI=1S/C14H8ClF3N2O/c1-20-12-7(15)3-2-4-9(12)19-14(20)6-5-8(16)11(18)13(21)10(6)17/h2-5,21H,1H3. The summed E-state index contributed by atoms with van der Waals surface area (Å²) in [6.07, 6.45) is 0. The number of imidazole rings is 1. The first-order chi connectivity index (χ1) is 9.91. The van der Waals surface area contributed by atoms with Crippen molar-refractivity contribution in [3.05, 3.63) is 46.7 Å². The van der Waals surface area contributed by atoms with Gasteiger partial charge in [-0.05, 0) is 18.2 Å². The van der Waals surface area contributed by atoms with Crippen LogP contribution < -0.4 is 0 Å². The van der Waals surface area contributed by atoms with Crippen molar-refractivity contribution in [3.63, 3.8) is 0 Å². The van der Waals surface area contributed by atoms with Crippen molar-refractivity contribution in [1.82, 2.24) is 9.55 Å². The lowest BCUT2D eigenvalue weighted by molar-refractivity contribution is 0.377. The molecule has 0 amide bonds. The van der Waals surface area contributed by atoms with Gasteiger partial charge in [0, 0.05) is 7.05 Å². The van der Waals surface area contributed by atoms with Gasteiger partial charge >= 0.3 is 0 Å². The van der Waals surface area contributed by atoms with Gasteiger partial charge < -0.3 is 9.67 Å². The van der Waals surface area contributed by atoms with E-state index in [1.165, 1.54) is 4.57 Å². The van der Waals surface area contributed by atoms with Gasteiger partial charge in [0.05, 0.1) is 21.6 Å². The van der Waals surface area contributed by atoms with E-state index in [1.807, 2.05) is 0 Å². The van der Waals surface area contributed by atoms with Gasteiger partial charge in [-0.2, -0.15) is 4.39 Å². The largest absolute Gasteiger partial charge is 0.503 e. The van der Waals surface area contributed by atoms with E-state index >= 15 is 0 Å². The number of phenolic OH excluding ortho intramolecular Hbond substituents is 1. The fraction of sp³-hybridized carbons (Fsp3) is 0.0714. The third kappa shape index (κ3) is 1.94. The molecule has 0 aliphatic carbocycles. The van der Waals surface area contributed by atoms with Crippen LogP contribution in [0.15, 0.2) is 24.3 Å². The molecular weight excluding hydrogens is 305 g/mol. The predicted octanol–water partition coefficient (Wildman–Crippen LogP) is 4.02. The molecule has 0 fully saturated rings. The second-order valence-corrected chi connectivity index (χ2v) is 4.89. The zero-order valence-electron chi connectivity index (χ0n) is 10.7. The Balaban J connectivity index is 2.37. The van der Waals surface area contributed by atoms with Gasteiger partial charge in [-0.15, -0.1) is 0 Å². The molecule has 0 aliphatic rings. The molecule has 3 nitrogen and oxygen atoms in total. The molecule has 7 heteroatoms. The molecule has 0 unspecified atom stereocenters. The maximum atomic E-state index is 14.0. The Morgan fingerprint density at radius 1 is 1.19 bits per heavy atom. The van der Waals surface area contributed by atoms with Crippen LogP contribution in [0.2, 0.25) is 5.02 Å². The van der Waals surface area contributed by atoms with Crippen LogP contribution in [0, 0.1) is 17.5 Å². The zero-order valence-corrected chi connectivity index (χ0v) is 11.4. The molecule has 108 valence electrons. The van der Waals surface area contributed by atoms with Crippen molar-refractivity contribution in [2.75, 3.05) is 0 Å². The van der Waals surface area contributed by atoms with E-state index in [0.29, 0.717) is 22.1 Å². The smallest absolute Gasteiger partial charge is 0.203 e. The molecule has 0 aliphatic heterocycles. The summed E-state index contributed by atoms with van der Waals surface area (Å²) in [6.45, 7) is 0. The van der Waals surface area contributed by atoms with Gasteiger partial charge in [0.15, 0.2) is 17.4 Å². The van der Waals surface area contributed by atoms with Crippen molar-refractivity contribution >= 4 is 22.6 Å². The molecule has 0 saturated heterocycles. The highest BCUT2D eigenvalue weighted by molar-refractivity contribution is 6.35. The van der Waals surface area contributed by atoms with Crippen molar-refractivity contribution in [3.8, 4) is 17.1 Å². The Labute approximate surface area is 122 Å². The minimum atomic E-state index is -1.63. The topological polar surface area (TPSA) is 38.0 Å². The molecule has 0 saturated carbocycles. The third-order valence-corrected chi connectivity index (χ3v) is 3.52. The molecule has 0 spiro atoms. The average Bonchev–Trinajstić information content (AvgIpc) is 2.79. The first-order valence-corrected chi connectivity index (χ1v) is 6.27. The number of benzene rings is 2. The normalized spacial score (nSPS) is 11.3. The summed E-state index contributed by atoms with van der Waals surface area (Å²) >= 11 is 6.05. The number of phenols is 1. The number of para-hydroxylation sites is 1. The van der Waals surface area contributed by atoms with Crippen molar-refractivity contribution < 1.29 is 18.3 Å². The van der Waals surface area contributed by atoms with E-state index in [0.717, 1.165) is 0 Å². The van der Waals surface area contributed by atoms with Gasteiger partial charge in [0.25, 0.3) is 0 Å². The second-order valence-electron chi connectivity index (χ2n) is 4.48. The lowest BCUT2D eigenvalue weighted by Gasteiger charge is -2.07. The van der Waals surface area contributed by atoms with E-state index < -0.39 is 23.2 Å². The average molecular weight is 313 g/mol. The van der Waals surface area contributed by atoms with E-state index in [1.54, 1.807) is 25.2 Å². The van der Waals surface area contributed by atoms with Gasteiger partial charge in [0.2, 0.25) is 5.82 Å². The first kappa shape index (κ1) is 13.8. The molecule has 1 N–H and O–H groups in total. The molecule has 1 aromatic heterocycles. The van der Waals surface area contributed by atoms with Crippen LogP contribution in [-0.2, 0) is 7.05 Å². The third-order valence-electron chi connectivity index (χ3n) is 3.22. The summed E-state index contributed by atoms with van der Waals surface area (Å²) in [4.78, 5) is 4.15. The maximum absolute atomic E-state index is 14.0. The Hall–Kier alpha value is -2.21. The second kappa shape index (κ2) is 4.66. The summed E-state index contributed by atoms with van der Waals surface area (Å²) < 4.78 is 42.0. The lowest BCUT2D eigenvalue weighted by Crippen LogP contribution is -1.99. The van der Waals surface area contributed by atoms with Crippen LogP contribution in [-0.4, -0.2) is 14.7 Å². The zero-order chi connectivity index (χ0) is 15.3. The number of aryl methyl sites for hydroxylation is 1. The molecule has 0 radical (unpaired) electrons. The summed E-state index contributed by atoms with van der Waals surface area (Å²) in [5, 5.41) is 9.69. The van der Waals surface area contributed by atoms with E-state index in [-0.39, 0.29) is 11.4 Å². The van der Waals surface area contributed by atoms with Crippen molar-refractivity contribution in [1.29, 1.82) is 0 Å². The molecule has 21 heavy (non-hydrogen) atoms. The van der Waals surface area contributed by atoms with Crippen molar-refractivity contribution in [2.24, 2.45) is 7.05 Å².